The van der Waals surface area contributed by atoms with Crippen LogP contribution in [0.2, 0.25) is 0 Å². The third-order valence-corrected chi connectivity index (χ3v) is 5.52. The Hall–Kier alpha value is -2.99. The van der Waals surface area contributed by atoms with E-state index in [4.69, 9.17) is 4.84 Å². The summed E-state index contributed by atoms with van der Waals surface area (Å²) in [7, 11) is 0. The molecule has 0 bridgehead atoms. The Labute approximate surface area is 183 Å². The van der Waals surface area contributed by atoms with Gasteiger partial charge in [-0.15, -0.1) is 0 Å². The Morgan fingerprint density at radius 2 is 1.65 bits per heavy atom. The number of likely N-dealkylation sites (tertiary alicyclic amines) is 1. The van der Waals surface area contributed by atoms with Crippen molar-refractivity contribution >= 4 is 17.7 Å². The van der Waals surface area contributed by atoms with Crippen LogP contribution < -0.4 is 5.48 Å². The second kappa shape index (κ2) is 10.4. The van der Waals surface area contributed by atoms with Crippen molar-refractivity contribution in [2.45, 2.75) is 46.1 Å². The minimum atomic E-state index is -1.01. The molecule has 1 aliphatic rings. The van der Waals surface area contributed by atoms with Crippen LogP contribution in [-0.2, 0) is 32.2 Å². The van der Waals surface area contributed by atoms with Crippen LogP contribution in [0.3, 0.4) is 0 Å². The molecular formula is C25H30N2O4. The van der Waals surface area contributed by atoms with E-state index in [1.54, 1.807) is 0 Å². The first kappa shape index (κ1) is 22.7. The first-order valence-electron chi connectivity index (χ1n) is 10.7. The quantitative estimate of drug-likeness (QED) is 0.468. The molecule has 3 rings (SSSR count). The van der Waals surface area contributed by atoms with E-state index in [1.165, 1.54) is 4.90 Å². The van der Waals surface area contributed by atoms with Gasteiger partial charge in [0.05, 0.1) is 12.0 Å². The van der Waals surface area contributed by atoms with Gasteiger partial charge < -0.3 is 0 Å². The van der Waals surface area contributed by atoms with Crippen LogP contribution in [0, 0.1) is 11.3 Å². The van der Waals surface area contributed by atoms with Crippen molar-refractivity contribution in [3.8, 4) is 0 Å². The first-order valence-corrected chi connectivity index (χ1v) is 10.7. The maximum absolute atomic E-state index is 13.3. The Balaban J connectivity index is 1.62. The zero-order chi connectivity index (χ0) is 22.3. The summed E-state index contributed by atoms with van der Waals surface area (Å²) in [6.07, 6.45) is 1.07. The predicted molar refractivity (Wildman–Crippen MR) is 117 cm³/mol. The standard InChI is InChI=1S/C25H30N2O4/c1-19(2)15-25(16-22(28)26-31-18-21-11-7-4-8-12-21)17-23(29)27(24(25)30)14-13-20-9-5-3-6-10-20/h3-12,19H,13-18H2,1-2H3,(H,26,28). The molecule has 1 heterocycles. The molecule has 2 aromatic carbocycles. The third kappa shape index (κ3) is 6.01. The van der Waals surface area contributed by atoms with Crippen molar-refractivity contribution in [1.82, 2.24) is 10.4 Å². The molecular weight excluding hydrogens is 392 g/mol. The van der Waals surface area contributed by atoms with E-state index < -0.39 is 5.41 Å². The number of amides is 3. The highest BCUT2D eigenvalue weighted by molar-refractivity contribution is 6.07. The molecule has 0 aromatic heterocycles. The molecule has 0 spiro atoms. The van der Waals surface area contributed by atoms with Crippen LogP contribution in [0.1, 0.15) is 44.2 Å². The van der Waals surface area contributed by atoms with Crippen molar-refractivity contribution in [3.05, 3.63) is 71.8 Å². The summed E-state index contributed by atoms with van der Waals surface area (Å²) in [5.41, 5.74) is 3.43. The molecule has 164 valence electrons. The maximum Gasteiger partial charge on any atom is 0.244 e. The smallest absolute Gasteiger partial charge is 0.244 e. The van der Waals surface area contributed by atoms with Gasteiger partial charge in [-0.2, -0.15) is 0 Å². The lowest BCUT2D eigenvalue weighted by Gasteiger charge is -2.28. The van der Waals surface area contributed by atoms with Crippen molar-refractivity contribution in [2.24, 2.45) is 11.3 Å². The van der Waals surface area contributed by atoms with Crippen LogP contribution in [0.15, 0.2) is 60.7 Å². The average Bonchev–Trinajstić information content (AvgIpc) is 2.96. The van der Waals surface area contributed by atoms with E-state index in [1.807, 2.05) is 74.5 Å². The van der Waals surface area contributed by atoms with E-state index in [0.29, 0.717) is 19.4 Å². The second-order valence-corrected chi connectivity index (χ2v) is 8.62. The highest BCUT2D eigenvalue weighted by atomic mass is 16.6. The van der Waals surface area contributed by atoms with Gasteiger partial charge in [0.1, 0.15) is 0 Å². The van der Waals surface area contributed by atoms with Crippen molar-refractivity contribution in [2.75, 3.05) is 6.54 Å². The van der Waals surface area contributed by atoms with E-state index in [-0.39, 0.29) is 43.1 Å². The van der Waals surface area contributed by atoms with Crippen LogP contribution in [0.25, 0.3) is 0 Å². The largest absolute Gasteiger partial charge is 0.282 e. The molecule has 1 N–H and O–H groups in total. The lowest BCUT2D eigenvalue weighted by Crippen LogP contribution is -2.40. The molecule has 1 saturated heterocycles. The van der Waals surface area contributed by atoms with Crippen LogP contribution in [0.5, 0.6) is 0 Å². The molecule has 0 aliphatic carbocycles. The fourth-order valence-corrected chi connectivity index (χ4v) is 4.24. The molecule has 6 nitrogen and oxygen atoms in total. The van der Waals surface area contributed by atoms with Gasteiger partial charge in [-0.25, -0.2) is 5.48 Å². The van der Waals surface area contributed by atoms with Crippen molar-refractivity contribution in [3.63, 3.8) is 0 Å². The SMILES string of the molecule is CC(C)CC1(CC(=O)NOCc2ccccc2)CC(=O)N(CCc2ccccc2)C1=O. The zero-order valence-corrected chi connectivity index (χ0v) is 18.2. The van der Waals surface area contributed by atoms with E-state index in [9.17, 15) is 14.4 Å². The fourth-order valence-electron chi connectivity index (χ4n) is 4.24. The number of nitrogens with one attached hydrogen (secondary N) is 1. The summed E-state index contributed by atoms with van der Waals surface area (Å²) in [5.74, 6) is -0.675. The number of benzene rings is 2. The van der Waals surface area contributed by atoms with E-state index in [2.05, 4.69) is 5.48 Å². The minimum Gasteiger partial charge on any atom is -0.282 e. The van der Waals surface area contributed by atoms with Gasteiger partial charge >= 0.3 is 0 Å². The molecule has 2 aromatic rings. The summed E-state index contributed by atoms with van der Waals surface area (Å²) in [6.45, 7) is 4.55. The molecule has 0 saturated carbocycles. The van der Waals surface area contributed by atoms with Gasteiger partial charge in [-0.3, -0.25) is 24.1 Å². The van der Waals surface area contributed by atoms with Crippen LogP contribution >= 0.6 is 0 Å². The summed E-state index contributed by atoms with van der Waals surface area (Å²) in [5, 5.41) is 0. The highest BCUT2D eigenvalue weighted by Crippen LogP contribution is 2.42. The Bertz CT molecular complexity index is 898. The number of rotatable bonds is 10. The normalized spacial score (nSPS) is 18.6. The van der Waals surface area contributed by atoms with E-state index in [0.717, 1.165) is 11.1 Å². The average molecular weight is 423 g/mol. The number of hydroxylamine groups is 1. The van der Waals surface area contributed by atoms with Gasteiger partial charge in [-0.05, 0) is 29.9 Å². The van der Waals surface area contributed by atoms with Crippen LogP contribution in [-0.4, -0.2) is 29.2 Å². The molecule has 6 heteroatoms. The first-order chi connectivity index (χ1) is 14.9. The van der Waals surface area contributed by atoms with Gasteiger partial charge in [0.2, 0.25) is 17.7 Å². The molecule has 3 amide bonds. The number of carbonyl (C=O) groups excluding carboxylic acids is 3. The van der Waals surface area contributed by atoms with Crippen molar-refractivity contribution in [1.29, 1.82) is 0 Å². The molecule has 1 unspecified atom stereocenters. The molecule has 1 aliphatic heterocycles. The maximum atomic E-state index is 13.3. The summed E-state index contributed by atoms with van der Waals surface area (Å²) in [4.78, 5) is 45.3. The number of hydrogen-bond donors (Lipinski definition) is 1. The third-order valence-electron chi connectivity index (χ3n) is 5.52. The number of carbonyl (C=O) groups is 3. The fraction of sp³-hybridized carbons (Fsp3) is 0.400. The van der Waals surface area contributed by atoms with E-state index >= 15 is 0 Å². The van der Waals surface area contributed by atoms with Crippen molar-refractivity contribution < 1.29 is 19.2 Å². The van der Waals surface area contributed by atoms with Crippen LogP contribution in [0.4, 0.5) is 0 Å². The number of hydrogen-bond acceptors (Lipinski definition) is 4. The predicted octanol–water partition coefficient (Wildman–Crippen LogP) is 3.66. The molecule has 31 heavy (non-hydrogen) atoms. The van der Waals surface area contributed by atoms with Gasteiger partial charge in [0, 0.05) is 19.4 Å². The number of imide groups is 1. The molecule has 1 atom stereocenters. The van der Waals surface area contributed by atoms with Gasteiger partial charge in [-0.1, -0.05) is 74.5 Å². The Kier molecular flexibility index (Phi) is 7.58. The monoisotopic (exact) mass is 422 g/mol. The molecule has 1 fully saturated rings. The lowest BCUT2D eigenvalue weighted by atomic mass is 9.75. The minimum absolute atomic E-state index is 0.0604. The molecule has 0 radical (unpaired) electrons. The summed E-state index contributed by atoms with van der Waals surface area (Å²) < 4.78 is 0. The second-order valence-electron chi connectivity index (χ2n) is 8.62. The lowest BCUT2D eigenvalue weighted by molar-refractivity contribution is -0.147. The van der Waals surface area contributed by atoms with Gasteiger partial charge in [0.25, 0.3) is 0 Å². The van der Waals surface area contributed by atoms with Gasteiger partial charge in [0.15, 0.2) is 0 Å². The summed E-state index contributed by atoms with van der Waals surface area (Å²) >= 11 is 0. The highest BCUT2D eigenvalue weighted by Gasteiger charge is 2.52. The topological polar surface area (TPSA) is 75.7 Å². The Morgan fingerprint density at radius 1 is 1.03 bits per heavy atom. The zero-order valence-electron chi connectivity index (χ0n) is 18.2. The Morgan fingerprint density at radius 3 is 2.26 bits per heavy atom. The number of nitrogens with zero attached hydrogens (tertiary/aromatic N) is 1. The summed E-state index contributed by atoms with van der Waals surface area (Å²) in [6, 6.07) is 19.2.